The summed E-state index contributed by atoms with van der Waals surface area (Å²) in [4.78, 5) is 57.0. The number of carbonyl (C=O) groups excluding carboxylic acids is 2. The summed E-state index contributed by atoms with van der Waals surface area (Å²) in [6.07, 6.45) is 0.695. The van der Waals surface area contributed by atoms with Gasteiger partial charge < -0.3 is 10.1 Å². The van der Waals surface area contributed by atoms with Gasteiger partial charge in [-0.2, -0.15) is 0 Å². The highest BCUT2D eigenvalue weighted by Gasteiger charge is 2.23. The molecule has 0 aliphatic heterocycles. The molecule has 35 heavy (non-hydrogen) atoms. The number of hydrogen-bond donors (Lipinski definition) is 1. The monoisotopic (exact) mass is 472 g/mol. The third kappa shape index (κ3) is 4.48. The molecule has 4 rings (SSSR count). The molecule has 0 fully saturated rings. The molecule has 0 unspecified atom stereocenters. The topological polar surface area (TPSA) is 112 Å². The van der Waals surface area contributed by atoms with Gasteiger partial charge in [0, 0.05) is 11.4 Å². The van der Waals surface area contributed by atoms with Crippen molar-refractivity contribution in [2.45, 2.75) is 26.8 Å². The smallest absolute Gasteiger partial charge is 0.338 e. The summed E-state index contributed by atoms with van der Waals surface area (Å²) in [5, 5.41) is 2.67. The fourth-order valence-electron chi connectivity index (χ4n) is 3.97. The van der Waals surface area contributed by atoms with Crippen molar-refractivity contribution < 1.29 is 14.3 Å². The van der Waals surface area contributed by atoms with Gasteiger partial charge in [-0.05, 0) is 43.2 Å². The number of fused-ring (bicyclic) bond motifs is 1. The lowest BCUT2D eigenvalue weighted by molar-refractivity contribution is -0.116. The number of carbonyl (C=O) groups is 2. The van der Waals surface area contributed by atoms with Gasteiger partial charge in [-0.15, -0.1) is 0 Å². The number of nitrogens with one attached hydrogen (secondary N) is 1. The van der Waals surface area contributed by atoms with E-state index in [1.807, 2.05) is 19.1 Å². The molecule has 2 heterocycles. The summed E-state index contributed by atoms with van der Waals surface area (Å²) < 4.78 is 6.91. The van der Waals surface area contributed by atoms with Crippen molar-refractivity contribution in [1.82, 2.24) is 14.1 Å². The van der Waals surface area contributed by atoms with E-state index in [4.69, 9.17) is 4.74 Å². The highest BCUT2D eigenvalue weighted by Crippen LogP contribution is 2.19. The van der Waals surface area contributed by atoms with Crippen molar-refractivity contribution in [2.75, 3.05) is 12.4 Å². The van der Waals surface area contributed by atoms with E-state index in [2.05, 4.69) is 10.3 Å². The molecular formula is C26H24N4O5. The number of aromatic nitrogens is 3. The van der Waals surface area contributed by atoms with Crippen molar-refractivity contribution in [3.63, 3.8) is 0 Å². The second-order valence-electron chi connectivity index (χ2n) is 7.91. The van der Waals surface area contributed by atoms with Crippen LogP contribution in [0.2, 0.25) is 0 Å². The molecule has 2 aromatic carbocycles. The van der Waals surface area contributed by atoms with E-state index in [0.717, 1.165) is 10.1 Å². The SMILES string of the molecule is CCc1ccccc1NC(=O)Cn1c(=O)c2c(C(=O)OC)cc(C)nc2n(-c2ccccc2)c1=O. The van der Waals surface area contributed by atoms with Crippen molar-refractivity contribution >= 4 is 28.6 Å². The molecule has 0 radical (unpaired) electrons. The highest BCUT2D eigenvalue weighted by molar-refractivity contribution is 6.02. The minimum Gasteiger partial charge on any atom is -0.465 e. The van der Waals surface area contributed by atoms with E-state index in [1.54, 1.807) is 49.4 Å². The lowest BCUT2D eigenvalue weighted by Gasteiger charge is -2.16. The Bertz CT molecular complexity index is 1550. The Balaban J connectivity index is 1.95. The van der Waals surface area contributed by atoms with Crippen LogP contribution in [0.15, 0.2) is 70.3 Å². The maximum Gasteiger partial charge on any atom is 0.338 e. The standard InChI is InChI=1S/C26H24N4O5/c1-4-17-10-8-9-13-20(17)28-21(31)15-29-24(32)22-19(25(33)35-3)14-16(2)27-23(22)30(26(29)34)18-11-6-5-7-12-18/h5-14H,4,15H2,1-3H3,(H,28,31). The molecule has 0 atom stereocenters. The van der Waals surface area contributed by atoms with Crippen LogP contribution in [0.1, 0.15) is 28.5 Å². The van der Waals surface area contributed by atoms with Gasteiger partial charge in [0.25, 0.3) is 5.56 Å². The van der Waals surface area contributed by atoms with Crippen LogP contribution in [0.5, 0.6) is 0 Å². The lowest BCUT2D eigenvalue weighted by atomic mass is 10.1. The van der Waals surface area contributed by atoms with Crippen LogP contribution < -0.4 is 16.6 Å². The third-order valence-electron chi connectivity index (χ3n) is 5.62. The normalized spacial score (nSPS) is 10.8. The van der Waals surface area contributed by atoms with Crippen LogP contribution in [-0.4, -0.2) is 33.1 Å². The molecule has 0 aliphatic carbocycles. The van der Waals surface area contributed by atoms with Gasteiger partial charge >= 0.3 is 11.7 Å². The van der Waals surface area contributed by atoms with Gasteiger partial charge in [-0.1, -0.05) is 43.3 Å². The number of anilines is 1. The van der Waals surface area contributed by atoms with E-state index in [-0.39, 0.29) is 16.6 Å². The predicted octanol–water partition coefficient (Wildman–Crippen LogP) is 2.84. The molecule has 0 saturated carbocycles. The largest absolute Gasteiger partial charge is 0.465 e. The zero-order valence-electron chi connectivity index (χ0n) is 19.6. The second kappa shape index (κ2) is 9.76. The number of para-hydroxylation sites is 2. The fraction of sp³-hybridized carbons (Fsp3) is 0.192. The third-order valence-corrected chi connectivity index (χ3v) is 5.62. The molecule has 0 bridgehead atoms. The van der Waals surface area contributed by atoms with Crippen LogP contribution >= 0.6 is 0 Å². The Kier molecular flexibility index (Phi) is 6.59. The van der Waals surface area contributed by atoms with Gasteiger partial charge in [0.2, 0.25) is 5.91 Å². The second-order valence-corrected chi connectivity index (χ2v) is 7.91. The molecule has 0 spiro atoms. The first-order chi connectivity index (χ1) is 16.8. The molecule has 9 heteroatoms. The maximum atomic E-state index is 13.6. The van der Waals surface area contributed by atoms with Crippen LogP contribution in [0.4, 0.5) is 5.69 Å². The van der Waals surface area contributed by atoms with Crippen molar-refractivity contribution in [2.24, 2.45) is 0 Å². The van der Waals surface area contributed by atoms with Gasteiger partial charge in [-0.3, -0.25) is 9.59 Å². The number of amides is 1. The summed E-state index contributed by atoms with van der Waals surface area (Å²) in [6.45, 7) is 3.06. The average Bonchev–Trinajstić information content (AvgIpc) is 2.86. The number of pyridine rings is 1. The van der Waals surface area contributed by atoms with Crippen LogP contribution in [0, 0.1) is 6.92 Å². The first-order valence-corrected chi connectivity index (χ1v) is 11.0. The molecule has 2 aromatic heterocycles. The van der Waals surface area contributed by atoms with Gasteiger partial charge in [0.1, 0.15) is 6.54 Å². The number of hydrogen-bond acceptors (Lipinski definition) is 6. The minimum atomic E-state index is -0.802. The van der Waals surface area contributed by atoms with Crippen LogP contribution in [0.25, 0.3) is 16.7 Å². The zero-order chi connectivity index (χ0) is 25.1. The number of methoxy groups -OCH3 is 1. The number of nitrogens with zero attached hydrogens (tertiary/aromatic N) is 3. The molecule has 1 amide bonds. The van der Waals surface area contributed by atoms with Crippen molar-refractivity contribution in [3.05, 3.63) is 98.3 Å². The summed E-state index contributed by atoms with van der Waals surface area (Å²) in [7, 11) is 1.20. The molecule has 9 nitrogen and oxygen atoms in total. The Morgan fingerprint density at radius 2 is 1.71 bits per heavy atom. The Morgan fingerprint density at radius 3 is 2.40 bits per heavy atom. The Hall–Kier alpha value is -4.53. The van der Waals surface area contributed by atoms with Crippen LogP contribution in [0.3, 0.4) is 0 Å². The van der Waals surface area contributed by atoms with Crippen LogP contribution in [-0.2, 0) is 22.5 Å². The molecular weight excluding hydrogens is 448 g/mol. The number of aryl methyl sites for hydroxylation is 2. The predicted molar refractivity (Wildman–Crippen MR) is 132 cm³/mol. The first-order valence-electron chi connectivity index (χ1n) is 11.0. The van der Waals surface area contributed by atoms with Crippen molar-refractivity contribution in [3.8, 4) is 5.69 Å². The average molecular weight is 473 g/mol. The van der Waals surface area contributed by atoms with E-state index in [9.17, 15) is 19.2 Å². The molecule has 178 valence electrons. The molecule has 4 aromatic rings. The van der Waals surface area contributed by atoms with Crippen molar-refractivity contribution in [1.29, 1.82) is 0 Å². The minimum absolute atomic E-state index is 0.0135. The summed E-state index contributed by atoms with van der Waals surface area (Å²) in [6, 6.07) is 17.3. The first kappa shape index (κ1) is 23.6. The molecule has 1 N–H and O–H groups in total. The van der Waals surface area contributed by atoms with E-state index < -0.39 is 29.7 Å². The Labute approximate surface area is 200 Å². The van der Waals surface area contributed by atoms with Gasteiger partial charge in [0.15, 0.2) is 5.65 Å². The summed E-state index contributed by atoms with van der Waals surface area (Å²) in [5.74, 6) is -1.30. The lowest BCUT2D eigenvalue weighted by Crippen LogP contribution is -2.43. The summed E-state index contributed by atoms with van der Waals surface area (Å²) in [5.41, 5.74) is 0.807. The van der Waals surface area contributed by atoms with E-state index >= 15 is 0 Å². The number of benzene rings is 2. The van der Waals surface area contributed by atoms with Gasteiger partial charge in [-0.25, -0.2) is 23.7 Å². The number of rotatable bonds is 6. The van der Waals surface area contributed by atoms with E-state index in [0.29, 0.717) is 23.5 Å². The molecule has 0 aliphatic rings. The quantitative estimate of drug-likeness (QED) is 0.432. The maximum absolute atomic E-state index is 13.6. The Morgan fingerprint density at radius 1 is 1.03 bits per heavy atom. The fourth-order valence-corrected chi connectivity index (χ4v) is 3.97. The highest BCUT2D eigenvalue weighted by atomic mass is 16.5. The zero-order valence-corrected chi connectivity index (χ0v) is 19.6. The van der Waals surface area contributed by atoms with E-state index in [1.165, 1.54) is 17.7 Å². The molecule has 0 saturated heterocycles. The number of esters is 1. The number of ether oxygens (including phenoxy) is 1. The summed E-state index contributed by atoms with van der Waals surface area (Å²) >= 11 is 0. The van der Waals surface area contributed by atoms with Gasteiger partial charge in [0.05, 0.1) is 23.7 Å².